The predicted molar refractivity (Wildman–Crippen MR) is 78.2 cm³/mol. The third-order valence-corrected chi connectivity index (χ3v) is 3.26. The van der Waals surface area contributed by atoms with Crippen molar-refractivity contribution < 1.29 is 14.0 Å². The Morgan fingerprint density at radius 2 is 2.05 bits per heavy atom. The van der Waals surface area contributed by atoms with Gasteiger partial charge in [-0.1, -0.05) is 25.9 Å². The number of nitrogens with zero attached hydrogens (tertiary/aromatic N) is 2. The van der Waals surface area contributed by atoms with Gasteiger partial charge in [0.25, 0.3) is 11.4 Å². The Morgan fingerprint density at radius 1 is 1.32 bits per heavy atom. The zero-order valence-electron chi connectivity index (χ0n) is 12.3. The van der Waals surface area contributed by atoms with Gasteiger partial charge in [-0.05, 0) is 18.2 Å². The molecule has 22 heavy (non-hydrogen) atoms. The van der Waals surface area contributed by atoms with Crippen molar-refractivity contribution in [3.8, 4) is 17.2 Å². The van der Waals surface area contributed by atoms with Gasteiger partial charge in [-0.3, -0.25) is 4.79 Å². The van der Waals surface area contributed by atoms with Crippen LogP contribution in [-0.4, -0.2) is 20.2 Å². The first kappa shape index (κ1) is 14.2. The fourth-order valence-electron chi connectivity index (χ4n) is 2.08. The number of fused-ring (bicyclic) bond motifs is 1. The Balaban J connectivity index is 2.25. The molecule has 2 N–H and O–H groups in total. The number of hydrogen-bond donors (Lipinski definition) is 2. The average Bonchev–Trinajstić information content (AvgIpc) is 2.87. The molecular weight excluding hydrogens is 289 g/mol. The number of aromatic nitrogens is 3. The molecule has 0 saturated carbocycles. The third kappa shape index (κ3) is 2.24. The summed E-state index contributed by atoms with van der Waals surface area (Å²) in [5.41, 5.74) is -0.909. The Hall–Kier alpha value is -2.70. The second-order valence-corrected chi connectivity index (χ2v) is 6.04. The van der Waals surface area contributed by atoms with Crippen LogP contribution in [0.5, 0.6) is 5.75 Å². The minimum atomic E-state index is -0.625. The van der Waals surface area contributed by atoms with Gasteiger partial charge < -0.3 is 14.6 Å². The number of hydrogen-bond acceptors (Lipinski definition) is 5. The molecule has 0 aliphatic heterocycles. The van der Waals surface area contributed by atoms with Crippen molar-refractivity contribution in [1.29, 1.82) is 0 Å². The van der Waals surface area contributed by atoms with Gasteiger partial charge in [-0.25, -0.2) is 4.39 Å². The zero-order valence-corrected chi connectivity index (χ0v) is 12.3. The van der Waals surface area contributed by atoms with Gasteiger partial charge in [0, 0.05) is 10.8 Å². The summed E-state index contributed by atoms with van der Waals surface area (Å²) in [4.78, 5) is 18.8. The quantitative estimate of drug-likeness (QED) is 0.721. The van der Waals surface area contributed by atoms with Gasteiger partial charge >= 0.3 is 0 Å². The van der Waals surface area contributed by atoms with Crippen molar-refractivity contribution in [2.45, 2.75) is 26.2 Å². The summed E-state index contributed by atoms with van der Waals surface area (Å²) < 4.78 is 18.3. The molecule has 6 nitrogen and oxygen atoms in total. The molecule has 0 atom stereocenters. The van der Waals surface area contributed by atoms with Crippen LogP contribution in [-0.2, 0) is 5.41 Å². The van der Waals surface area contributed by atoms with Crippen LogP contribution in [0, 0.1) is 5.82 Å². The molecule has 0 fully saturated rings. The van der Waals surface area contributed by atoms with E-state index in [9.17, 15) is 14.3 Å². The van der Waals surface area contributed by atoms with Crippen LogP contribution in [0.3, 0.4) is 0 Å². The average molecular weight is 303 g/mol. The molecule has 0 aliphatic carbocycles. The second-order valence-electron chi connectivity index (χ2n) is 6.04. The van der Waals surface area contributed by atoms with E-state index in [1.165, 1.54) is 12.1 Å². The molecule has 2 heterocycles. The molecule has 0 saturated heterocycles. The summed E-state index contributed by atoms with van der Waals surface area (Å²) in [6.45, 7) is 5.69. The van der Waals surface area contributed by atoms with E-state index in [0.717, 1.165) is 6.07 Å². The maximum Gasteiger partial charge on any atom is 0.267 e. The Labute approximate surface area is 124 Å². The number of nitrogens with one attached hydrogen (secondary N) is 1. The molecule has 3 rings (SSSR count). The minimum Gasteiger partial charge on any atom is -0.506 e. The number of rotatable bonds is 1. The Kier molecular flexibility index (Phi) is 3.01. The van der Waals surface area contributed by atoms with Gasteiger partial charge in [0.05, 0.1) is 5.52 Å². The number of pyridine rings is 1. The molecule has 0 amide bonds. The summed E-state index contributed by atoms with van der Waals surface area (Å²) in [6, 6.07) is 3.70. The normalized spacial score (nSPS) is 12.0. The lowest BCUT2D eigenvalue weighted by atomic mass is 9.96. The van der Waals surface area contributed by atoms with E-state index in [4.69, 9.17) is 4.52 Å². The van der Waals surface area contributed by atoms with Gasteiger partial charge in [0.2, 0.25) is 0 Å². The zero-order chi connectivity index (χ0) is 16.1. The summed E-state index contributed by atoms with van der Waals surface area (Å²) in [5, 5.41) is 14.4. The number of aromatic hydroxyl groups is 1. The van der Waals surface area contributed by atoms with Crippen LogP contribution in [0.25, 0.3) is 22.4 Å². The third-order valence-electron chi connectivity index (χ3n) is 3.26. The highest BCUT2D eigenvalue weighted by Gasteiger charge is 2.25. The van der Waals surface area contributed by atoms with E-state index in [0.29, 0.717) is 11.2 Å². The highest BCUT2D eigenvalue weighted by Crippen LogP contribution is 2.32. The van der Waals surface area contributed by atoms with Crippen molar-refractivity contribution in [3.63, 3.8) is 0 Å². The van der Waals surface area contributed by atoms with Crippen molar-refractivity contribution in [2.75, 3.05) is 0 Å². The Bertz CT molecular complexity index is 922. The maximum atomic E-state index is 13.2. The van der Waals surface area contributed by atoms with Crippen molar-refractivity contribution >= 4 is 10.9 Å². The van der Waals surface area contributed by atoms with Gasteiger partial charge in [0.1, 0.15) is 17.1 Å². The lowest BCUT2D eigenvalue weighted by Crippen LogP contribution is -2.14. The predicted octanol–water partition coefficient (Wildman–Crippen LogP) is 2.72. The van der Waals surface area contributed by atoms with Gasteiger partial charge in [-0.2, -0.15) is 4.98 Å². The number of benzene rings is 1. The van der Waals surface area contributed by atoms with E-state index in [2.05, 4.69) is 15.1 Å². The van der Waals surface area contributed by atoms with E-state index in [-0.39, 0.29) is 28.1 Å². The molecule has 0 aliphatic rings. The molecule has 0 spiro atoms. The lowest BCUT2D eigenvalue weighted by molar-refractivity contribution is 0.399. The lowest BCUT2D eigenvalue weighted by Gasteiger charge is -2.10. The van der Waals surface area contributed by atoms with Crippen LogP contribution >= 0.6 is 0 Å². The molecule has 2 aromatic heterocycles. The van der Waals surface area contributed by atoms with Crippen molar-refractivity contribution in [3.05, 3.63) is 40.2 Å². The van der Waals surface area contributed by atoms with Crippen LogP contribution < -0.4 is 5.56 Å². The van der Waals surface area contributed by atoms with E-state index >= 15 is 0 Å². The van der Waals surface area contributed by atoms with Crippen LogP contribution in [0.1, 0.15) is 26.6 Å². The van der Waals surface area contributed by atoms with Crippen molar-refractivity contribution in [2.24, 2.45) is 0 Å². The standard InChI is InChI=1S/C15H14FN3O3/c1-15(2,3)14-18-13(22-19-14)10-11(20)8-5-4-7(16)6-9(8)17-12(10)21/h4-6H,1-3H3,(H2,17,20,21). The molecule has 1 aromatic carbocycles. The largest absolute Gasteiger partial charge is 0.506 e. The summed E-state index contributed by atoms with van der Waals surface area (Å²) in [5.74, 6) is -0.485. The summed E-state index contributed by atoms with van der Waals surface area (Å²) in [7, 11) is 0. The fourth-order valence-corrected chi connectivity index (χ4v) is 2.08. The van der Waals surface area contributed by atoms with Crippen LogP contribution in [0.15, 0.2) is 27.5 Å². The van der Waals surface area contributed by atoms with E-state index < -0.39 is 11.4 Å². The molecule has 0 unspecified atom stereocenters. The summed E-state index contributed by atoms with van der Waals surface area (Å²) in [6.07, 6.45) is 0. The number of halogens is 1. The van der Waals surface area contributed by atoms with Gasteiger partial charge in [0.15, 0.2) is 5.82 Å². The molecule has 7 heteroatoms. The second kappa shape index (κ2) is 4.66. The van der Waals surface area contributed by atoms with E-state index in [1.807, 2.05) is 20.8 Å². The molecule has 114 valence electrons. The molecular formula is C15H14FN3O3. The molecule has 3 aromatic rings. The first-order valence-corrected chi connectivity index (χ1v) is 6.66. The van der Waals surface area contributed by atoms with Crippen molar-refractivity contribution in [1.82, 2.24) is 15.1 Å². The van der Waals surface area contributed by atoms with Crippen LogP contribution in [0.2, 0.25) is 0 Å². The first-order valence-electron chi connectivity index (χ1n) is 6.66. The number of H-pyrrole nitrogens is 1. The highest BCUT2D eigenvalue weighted by molar-refractivity contribution is 5.90. The summed E-state index contributed by atoms with van der Waals surface area (Å²) >= 11 is 0. The highest BCUT2D eigenvalue weighted by atomic mass is 19.1. The monoisotopic (exact) mass is 303 g/mol. The smallest absolute Gasteiger partial charge is 0.267 e. The first-order chi connectivity index (χ1) is 10.3. The number of aromatic amines is 1. The van der Waals surface area contributed by atoms with Gasteiger partial charge in [-0.15, -0.1) is 0 Å². The maximum absolute atomic E-state index is 13.2. The van der Waals surface area contributed by atoms with E-state index in [1.54, 1.807) is 0 Å². The van der Waals surface area contributed by atoms with Crippen LogP contribution in [0.4, 0.5) is 4.39 Å². The topological polar surface area (TPSA) is 92.0 Å². The SMILES string of the molecule is CC(C)(C)c1noc(-c2c(O)c3ccc(F)cc3[nH]c2=O)n1. The molecule has 0 bridgehead atoms. The Morgan fingerprint density at radius 3 is 2.68 bits per heavy atom. The fraction of sp³-hybridized carbons (Fsp3) is 0.267. The molecule has 0 radical (unpaired) electrons. The minimum absolute atomic E-state index is 0.0742.